The summed E-state index contributed by atoms with van der Waals surface area (Å²) in [4.78, 5) is 12.0. The van der Waals surface area contributed by atoms with E-state index in [0.29, 0.717) is 17.7 Å². The van der Waals surface area contributed by atoms with E-state index in [1.54, 1.807) is 12.1 Å². The zero-order valence-corrected chi connectivity index (χ0v) is 9.07. The summed E-state index contributed by atoms with van der Waals surface area (Å²) in [6, 6.07) is 9.08. The van der Waals surface area contributed by atoms with E-state index in [0.717, 1.165) is 0 Å². The van der Waals surface area contributed by atoms with Crippen molar-refractivity contribution in [2.24, 2.45) is 0 Å². The van der Waals surface area contributed by atoms with Gasteiger partial charge >= 0.3 is 0 Å². The first-order chi connectivity index (χ1) is 7.29. The van der Waals surface area contributed by atoms with Gasteiger partial charge in [-0.25, -0.2) is 0 Å². The molecule has 0 spiro atoms. The second-order valence-electron chi connectivity index (χ2n) is 3.47. The summed E-state index contributed by atoms with van der Waals surface area (Å²) < 4.78 is 11.6. The fourth-order valence-corrected chi connectivity index (χ4v) is 2.88. The van der Waals surface area contributed by atoms with Crippen LogP contribution in [0.15, 0.2) is 42.5 Å². The van der Waals surface area contributed by atoms with Gasteiger partial charge in [0.2, 0.25) is 0 Å². The van der Waals surface area contributed by atoms with Gasteiger partial charge in [0.05, 0.1) is 0 Å². The van der Waals surface area contributed by atoms with Crippen LogP contribution in [0.5, 0.6) is 0 Å². The number of carbonyl (C=O) groups is 1. The Morgan fingerprint density at radius 3 is 2.60 bits per heavy atom. The lowest BCUT2D eigenvalue weighted by atomic mass is 10.1. The van der Waals surface area contributed by atoms with Crippen molar-refractivity contribution in [3.8, 4) is 0 Å². The maximum atomic E-state index is 12.0. The summed E-state index contributed by atoms with van der Waals surface area (Å²) in [5.74, 6) is 0.502. The maximum absolute atomic E-state index is 12.0. The summed E-state index contributed by atoms with van der Waals surface area (Å²) in [6.45, 7) is 0. The standard InChI is InChI=1S/C12H12O2S/c13-12(10-6-2-1-3-7-10)11-8-4-5-9-15(11)14/h1-7,11H,8-9H2. The van der Waals surface area contributed by atoms with Crippen LogP contribution >= 0.6 is 0 Å². The molecule has 1 aromatic carbocycles. The summed E-state index contributed by atoms with van der Waals surface area (Å²) in [7, 11) is -1.04. The molecule has 0 fully saturated rings. The largest absolute Gasteiger partial charge is 0.293 e. The van der Waals surface area contributed by atoms with E-state index < -0.39 is 10.8 Å². The van der Waals surface area contributed by atoms with E-state index in [-0.39, 0.29) is 11.0 Å². The predicted molar refractivity (Wildman–Crippen MR) is 61.3 cm³/mol. The Balaban J connectivity index is 2.21. The SMILES string of the molecule is O=C(c1ccccc1)C1CC=CCS1=O. The Labute approximate surface area is 91.5 Å². The molecule has 0 aliphatic carbocycles. The van der Waals surface area contributed by atoms with Crippen molar-refractivity contribution in [3.63, 3.8) is 0 Å². The van der Waals surface area contributed by atoms with Gasteiger partial charge in [0.1, 0.15) is 5.25 Å². The highest BCUT2D eigenvalue weighted by Gasteiger charge is 2.26. The van der Waals surface area contributed by atoms with Crippen molar-refractivity contribution in [1.82, 2.24) is 0 Å². The van der Waals surface area contributed by atoms with Crippen molar-refractivity contribution in [2.75, 3.05) is 5.75 Å². The van der Waals surface area contributed by atoms with Crippen LogP contribution in [0.4, 0.5) is 0 Å². The number of hydrogen-bond donors (Lipinski definition) is 0. The van der Waals surface area contributed by atoms with Crippen molar-refractivity contribution < 1.29 is 9.00 Å². The number of rotatable bonds is 2. The maximum Gasteiger partial charge on any atom is 0.178 e. The van der Waals surface area contributed by atoms with Crippen LogP contribution in [-0.4, -0.2) is 21.0 Å². The highest BCUT2D eigenvalue weighted by molar-refractivity contribution is 7.86. The van der Waals surface area contributed by atoms with Gasteiger partial charge in [-0.05, 0) is 6.42 Å². The molecule has 1 aromatic rings. The quantitative estimate of drug-likeness (QED) is 0.564. The van der Waals surface area contributed by atoms with E-state index >= 15 is 0 Å². The molecule has 15 heavy (non-hydrogen) atoms. The molecule has 0 N–H and O–H groups in total. The smallest absolute Gasteiger partial charge is 0.178 e. The van der Waals surface area contributed by atoms with Gasteiger partial charge < -0.3 is 0 Å². The minimum Gasteiger partial charge on any atom is -0.293 e. The first-order valence-corrected chi connectivity index (χ1v) is 6.28. The van der Waals surface area contributed by atoms with Gasteiger partial charge in [0.25, 0.3) is 0 Å². The third kappa shape index (κ3) is 2.23. The van der Waals surface area contributed by atoms with E-state index in [1.807, 2.05) is 30.4 Å². The zero-order chi connectivity index (χ0) is 10.7. The summed E-state index contributed by atoms with van der Waals surface area (Å²) >= 11 is 0. The average molecular weight is 220 g/mol. The number of carbonyl (C=O) groups excluding carboxylic acids is 1. The van der Waals surface area contributed by atoms with Crippen LogP contribution in [0.2, 0.25) is 0 Å². The van der Waals surface area contributed by atoms with E-state index in [9.17, 15) is 9.00 Å². The molecule has 1 aliphatic rings. The molecule has 2 unspecified atom stereocenters. The molecule has 0 amide bonds. The fourth-order valence-electron chi connectivity index (χ4n) is 1.62. The van der Waals surface area contributed by atoms with Crippen LogP contribution in [-0.2, 0) is 10.8 Å². The number of Topliss-reactive ketones (excluding diaryl/α,β-unsaturated/α-hetero) is 1. The minimum atomic E-state index is -1.04. The monoisotopic (exact) mass is 220 g/mol. The molecule has 2 nitrogen and oxygen atoms in total. The Morgan fingerprint density at radius 1 is 1.20 bits per heavy atom. The molecule has 0 radical (unpaired) electrons. The molecule has 1 heterocycles. The average Bonchev–Trinajstić information content (AvgIpc) is 2.30. The molecule has 0 aromatic heterocycles. The van der Waals surface area contributed by atoms with Crippen LogP contribution in [0, 0.1) is 0 Å². The lowest BCUT2D eigenvalue weighted by molar-refractivity contribution is 0.0988. The minimum absolute atomic E-state index is 0.00159. The third-order valence-corrected chi connectivity index (χ3v) is 4.01. The number of ketones is 1. The molecule has 1 aliphatic heterocycles. The highest BCUT2D eigenvalue weighted by atomic mass is 32.2. The molecule has 0 bridgehead atoms. The van der Waals surface area contributed by atoms with Crippen molar-refractivity contribution in [2.45, 2.75) is 11.7 Å². The van der Waals surface area contributed by atoms with Crippen molar-refractivity contribution in [3.05, 3.63) is 48.0 Å². The van der Waals surface area contributed by atoms with Gasteiger partial charge in [0, 0.05) is 22.1 Å². The molecule has 2 atom stereocenters. The first-order valence-electron chi connectivity index (χ1n) is 4.90. The summed E-state index contributed by atoms with van der Waals surface area (Å²) in [5, 5.41) is -0.350. The number of hydrogen-bond acceptors (Lipinski definition) is 2. The Kier molecular flexibility index (Phi) is 3.11. The second-order valence-corrected chi connectivity index (χ2v) is 5.14. The predicted octanol–water partition coefficient (Wildman–Crippen LogP) is 1.95. The Bertz CT molecular complexity index is 409. The molecule has 78 valence electrons. The van der Waals surface area contributed by atoms with Crippen LogP contribution in [0.3, 0.4) is 0 Å². The Morgan fingerprint density at radius 2 is 1.93 bits per heavy atom. The van der Waals surface area contributed by atoms with Gasteiger partial charge in [-0.2, -0.15) is 0 Å². The summed E-state index contributed by atoms with van der Waals surface area (Å²) in [6.07, 6.45) is 4.41. The topological polar surface area (TPSA) is 34.1 Å². The zero-order valence-electron chi connectivity index (χ0n) is 8.26. The van der Waals surface area contributed by atoms with Crippen molar-refractivity contribution in [1.29, 1.82) is 0 Å². The lowest BCUT2D eigenvalue weighted by Gasteiger charge is -2.15. The van der Waals surface area contributed by atoms with E-state index in [2.05, 4.69) is 0 Å². The molecule has 0 saturated carbocycles. The number of allylic oxidation sites excluding steroid dienone is 1. The normalized spacial score (nSPS) is 25.1. The van der Waals surface area contributed by atoms with Crippen molar-refractivity contribution >= 4 is 16.6 Å². The first kappa shape index (κ1) is 10.3. The van der Waals surface area contributed by atoms with Gasteiger partial charge in [-0.3, -0.25) is 9.00 Å². The van der Waals surface area contributed by atoms with Crippen LogP contribution in [0.25, 0.3) is 0 Å². The van der Waals surface area contributed by atoms with E-state index in [1.165, 1.54) is 0 Å². The van der Waals surface area contributed by atoms with Crippen LogP contribution < -0.4 is 0 Å². The number of benzene rings is 1. The Hall–Kier alpha value is -1.22. The summed E-state index contributed by atoms with van der Waals surface area (Å²) in [5.41, 5.74) is 0.658. The molecule has 3 heteroatoms. The van der Waals surface area contributed by atoms with E-state index in [4.69, 9.17) is 0 Å². The highest BCUT2D eigenvalue weighted by Crippen LogP contribution is 2.15. The lowest BCUT2D eigenvalue weighted by Crippen LogP contribution is -2.28. The fraction of sp³-hybridized carbons (Fsp3) is 0.250. The molecular formula is C12H12O2S. The van der Waals surface area contributed by atoms with Gasteiger partial charge in [-0.1, -0.05) is 42.5 Å². The van der Waals surface area contributed by atoms with Crippen LogP contribution in [0.1, 0.15) is 16.8 Å². The third-order valence-electron chi connectivity index (χ3n) is 2.45. The molecule has 2 rings (SSSR count). The molecular weight excluding hydrogens is 208 g/mol. The second kappa shape index (κ2) is 4.53. The van der Waals surface area contributed by atoms with Gasteiger partial charge in [-0.15, -0.1) is 0 Å². The molecule has 0 saturated heterocycles. The van der Waals surface area contributed by atoms with Gasteiger partial charge in [0.15, 0.2) is 5.78 Å².